The highest BCUT2D eigenvalue weighted by Crippen LogP contribution is 2.41. The molecule has 2 saturated heterocycles. The third kappa shape index (κ3) is 3.95. The van der Waals surface area contributed by atoms with Gasteiger partial charge in [0.25, 0.3) is 0 Å². The van der Waals surface area contributed by atoms with E-state index in [4.69, 9.17) is 24.1 Å². The van der Waals surface area contributed by atoms with Crippen molar-refractivity contribution in [3.8, 4) is 0 Å². The van der Waals surface area contributed by atoms with E-state index in [0.717, 1.165) is 64.4 Å². The fraction of sp³-hybridized carbons (Fsp3) is 1.00. The number of halogens is 1. The number of aliphatic hydroxyl groups is 1. The molecule has 4 fully saturated rings. The van der Waals surface area contributed by atoms with E-state index in [9.17, 15) is 0 Å². The van der Waals surface area contributed by atoms with Gasteiger partial charge in [-0.1, -0.05) is 22.6 Å². The highest BCUT2D eigenvalue weighted by atomic mass is 127. The second kappa shape index (κ2) is 7.61. The molecule has 0 bridgehead atoms. The monoisotopic (exact) mass is 426 g/mol. The molecule has 128 valence electrons. The number of ether oxygens (including phenoxy) is 4. The summed E-state index contributed by atoms with van der Waals surface area (Å²) in [5.74, 6) is 0.783. The Labute approximate surface area is 146 Å². The molecular formula is C16H27IO5. The first kappa shape index (κ1) is 17.4. The predicted octanol–water partition coefficient (Wildman–Crippen LogP) is 2.49. The van der Waals surface area contributed by atoms with Crippen LogP contribution in [0.2, 0.25) is 0 Å². The fourth-order valence-corrected chi connectivity index (χ4v) is 4.69. The van der Waals surface area contributed by atoms with E-state index in [1.54, 1.807) is 0 Å². The zero-order valence-corrected chi connectivity index (χ0v) is 15.3. The molecule has 22 heavy (non-hydrogen) atoms. The molecule has 1 N–H and O–H groups in total. The van der Waals surface area contributed by atoms with E-state index in [2.05, 4.69) is 22.6 Å². The summed E-state index contributed by atoms with van der Waals surface area (Å²) >= 11 is 2.45. The maximum atomic E-state index is 8.90. The molecule has 2 unspecified atom stereocenters. The Kier molecular flexibility index (Phi) is 6.00. The van der Waals surface area contributed by atoms with E-state index in [1.807, 2.05) is 0 Å². The van der Waals surface area contributed by atoms with Gasteiger partial charge >= 0.3 is 0 Å². The van der Waals surface area contributed by atoms with E-state index in [1.165, 1.54) is 10.8 Å². The van der Waals surface area contributed by atoms with Gasteiger partial charge in [-0.25, -0.2) is 0 Å². The molecule has 2 saturated carbocycles. The van der Waals surface area contributed by atoms with Gasteiger partial charge in [-0.2, -0.15) is 0 Å². The van der Waals surface area contributed by atoms with Crippen LogP contribution in [0.3, 0.4) is 0 Å². The number of alkyl halides is 1. The largest absolute Gasteiger partial charge is 0.396 e. The SMILES string of the molecule is ICC1CCC2(C1)OCCO2.OCC1CCC2(C1)OCCO2. The van der Waals surface area contributed by atoms with Gasteiger partial charge in [0.15, 0.2) is 11.6 Å². The maximum absolute atomic E-state index is 8.90. The molecule has 2 atom stereocenters. The Morgan fingerprint density at radius 3 is 1.64 bits per heavy atom. The molecule has 0 aromatic rings. The van der Waals surface area contributed by atoms with Crippen LogP contribution < -0.4 is 0 Å². The molecule has 6 heteroatoms. The van der Waals surface area contributed by atoms with Crippen LogP contribution in [0.4, 0.5) is 0 Å². The molecule has 0 radical (unpaired) electrons. The van der Waals surface area contributed by atoms with Crippen molar-refractivity contribution in [2.75, 3.05) is 37.5 Å². The quantitative estimate of drug-likeness (QED) is 0.543. The van der Waals surface area contributed by atoms with Crippen LogP contribution in [0.15, 0.2) is 0 Å². The van der Waals surface area contributed by atoms with Crippen LogP contribution in [-0.2, 0) is 18.9 Å². The Balaban J connectivity index is 0.000000131. The summed E-state index contributed by atoms with van der Waals surface area (Å²) in [6.07, 6.45) is 6.39. The minimum absolute atomic E-state index is 0.143. The van der Waals surface area contributed by atoms with E-state index in [0.29, 0.717) is 5.92 Å². The van der Waals surface area contributed by atoms with Crippen molar-refractivity contribution in [2.45, 2.75) is 50.1 Å². The molecule has 4 rings (SSSR count). The summed E-state index contributed by atoms with van der Waals surface area (Å²) in [6, 6.07) is 0. The standard InChI is InChI=1S/C8H13IO2.C8H14O3/c2*9-6-7-1-2-8(5-7)10-3-4-11-8/h7H,1-6H2;7,9H,1-6H2. The van der Waals surface area contributed by atoms with Crippen LogP contribution in [0.5, 0.6) is 0 Å². The van der Waals surface area contributed by atoms with E-state index in [-0.39, 0.29) is 18.2 Å². The van der Waals surface area contributed by atoms with Gasteiger partial charge in [-0.15, -0.1) is 0 Å². The van der Waals surface area contributed by atoms with Crippen LogP contribution in [0.25, 0.3) is 0 Å². The minimum atomic E-state index is -0.298. The minimum Gasteiger partial charge on any atom is -0.396 e. The summed E-state index contributed by atoms with van der Waals surface area (Å²) < 4.78 is 23.5. The van der Waals surface area contributed by atoms with Crippen molar-refractivity contribution in [3.63, 3.8) is 0 Å². The molecule has 0 amide bonds. The van der Waals surface area contributed by atoms with Gasteiger partial charge in [-0.05, 0) is 24.7 Å². The summed E-state index contributed by atoms with van der Waals surface area (Å²) in [5, 5.41) is 8.90. The zero-order valence-electron chi connectivity index (χ0n) is 13.1. The number of aliphatic hydroxyl groups excluding tert-OH is 1. The summed E-state index contributed by atoms with van der Waals surface area (Å²) in [6.45, 7) is 3.31. The highest BCUT2D eigenvalue weighted by molar-refractivity contribution is 14.1. The molecule has 2 aliphatic carbocycles. The van der Waals surface area contributed by atoms with Gasteiger partial charge in [-0.3, -0.25) is 0 Å². The molecular weight excluding hydrogens is 399 g/mol. The van der Waals surface area contributed by atoms with Crippen LogP contribution in [-0.4, -0.2) is 54.1 Å². The second-order valence-corrected chi connectivity index (χ2v) is 7.65. The number of rotatable bonds is 2. The first-order chi connectivity index (χ1) is 10.7. The van der Waals surface area contributed by atoms with Gasteiger partial charge in [0, 0.05) is 36.7 Å². The molecule has 2 spiro atoms. The number of hydrogen-bond donors (Lipinski definition) is 1. The third-order valence-corrected chi connectivity index (χ3v) is 6.42. The lowest BCUT2D eigenvalue weighted by molar-refractivity contribution is -0.153. The smallest absolute Gasteiger partial charge is 0.168 e. The van der Waals surface area contributed by atoms with Crippen LogP contribution in [0.1, 0.15) is 38.5 Å². The normalized spacial score (nSPS) is 35.2. The molecule has 0 aromatic heterocycles. The third-order valence-electron chi connectivity index (χ3n) is 5.17. The zero-order chi connectivity index (χ0) is 15.5. The second-order valence-electron chi connectivity index (χ2n) is 6.77. The lowest BCUT2D eigenvalue weighted by atomic mass is 10.1. The predicted molar refractivity (Wildman–Crippen MR) is 89.9 cm³/mol. The van der Waals surface area contributed by atoms with Crippen molar-refractivity contribution < 1.29 is 24.1 Å². The topological polar surface area (TPSA) is 57.2 Å². The van der Waals surface area contributed by atoms with Gasteiger partial charge in [0.2, 0.25) is 0 Å². The Hall–Kier alpha value is 0.530. The average Bonchev–Trinajstić information content (AvgIpc) is 3.33. The molecule has 5 nitrogen and oxygen atoms in total. The van der Waals surface area contributed by atoms with Crippen molar-refractivity contribution in [3.05, 3.63) is 0 Å². The van der Waals surface area contributed by atoms with Crippen LogP contribution >= 0.6 is 22.6 Å². The summed E-state index contributed by atoms with van der Waals surface area (Å²) in [4.78, 5) is 0. The molecule has 2 aliphatic heterocycles. The van der Waals surface area contributed by atoms with Crippen LogP contribution in [0, 0.1) is 11.8 Å². The lowest BCUT2D eigenvalue weighted by Gasteiger charge is -2.20. The summed E-state index contributed by atoms with van der Waals surface area (Å²) in [7, 11) is 0. The average molecular weight is 426 g/mol. The first-order valence-electron chi connectivity index (χ1n) is 8.42. The van der Waals surface area contributed by atoms with Gasteiger partial charge < -0.3 is 24.1 Å². The van der Waals surface area contributed by atoms with Gasteiger partial charge in [0.05, 0.1) is 26.4 Å². The first-order valence-corrected chi connectivity index (χ1v) is 9.94. The van der Waals surface area contributed by atoms with Crippen molar-refractivity contribution in [1.82, 2.24) is 0 Å². The van der Waals surface area contributed by atoms with Crippen molar-refractivity contribution >= 4 is 22.6 Å². The number of hydrogen-bond acceptors (Lipinski definition) is 5. The lowest BCUT2D eigenvalue weighted by Crippen LogP contribution is -2.26. The van der Waals surface area contributed by atoms with Crippen molar-refractivity contribution in [1.29, 1.82) is 0 Å². The highest BCUT2D eigenvalue weighted by Gasteiger charge is 2.44. The van der Waals surface area contributed by atoms with Crippen molar-refractivity contribution in [2.24, 2.45) is 11.8 Å². The fourth-order valence-electron chi connectivity index (χ4n) is 3.94. The Morgan fingerprint density at radius 2 is 1.27 bits per heavy atom. The Morgan fingerprint density at radius 1 is 0.818 bits per heavy atom. The van der Waals surface area contributed by atoms with E-state index >= 15 is 0 Å². The Bertz CT molecular complexity index is 318. The van der Waals surface area contributed by atoms with E-state index < -0.39 is 0 Å². The molecule has 2 heterocycles. The summed E-state index contributed by atoms with van der Waals surface area (Å²) in [5.41, 5.74) is 0. The van der Waals surface area contributed by atoms with Gasteiger partial charge in [0.1, 0.15) is 0 Å². The molecule has 4 aliphatic rings. The molecule has 0 aromatic carbocycles. The maximum Gasteiger partial charge on any atom is 0.168 e.